The summed E-state index contributed by atoms with van der Waals surface area (Å²) >= 11 is 0. The molecule has 4 saturated carbocycles. The Morgan fingerprint density at radius 2 is 1.39 bits per heavy atom. The maximum atomic E-state index is 13.7. The summed E-state index contributed by atoms with van der Waals surface area (Å²) in [6.07, 6.45) is -3.26. The van der Waals surface area contributed by atoms with Crippen LogP contribution in [0.1, 0.15) is 105 Å². The van der Waals surface area contributed by atoms with Crippen LogP contribution in [0.15, 0.2) is 36.4 Å². The highest BCUT2D eigenvalue weighted by atomic mass is 16.8. The van der Waals surface area contributed by atoms with Gasteiger partial charge in [0.2, 0.25) is 0 Å². The monoisotopic (exact) mass is 947 g/mol. The zero-order valence-electron chi connectivity index (χ0n) is 40.8. The van der Waals surface area contributed by atoms with Crippen LogP contribution in [-0.4, -0.2) is 163 Å². The summed E-state index contributed by atoms with van der Waals surface area (Å²) in [5.74, 6) is -1.30. The van der Waals surface area contributed by atoms with E-state index in [9.17, 15) is 30.3 Å². The predicted octanol–water partition coefficient (Wildman–Crippen LogP) is 4.28. The van der Waals surface area contributed by atoms with E-state index in [-0.39, 0.29) is 41.3 Å². The van der Waals surface area contributed by atoms with Gasteiger partial charge in [-0.2, -0.15) is 0 Å². The number of hydrogen-bond acceptors (Lipinski definition) is 16. The fourth-order valence-electron chi connectivity index (χ4n) is 14.2. The fraction of sp³-hybridized carbons (Fsp3) is 0.824. The van der Waals surface area contributed by atoms with Gasteiger partial charge in [-0.05, 0) is 107 Å². The molecule has 16 nitrogen and oxygen atoms in total. The highest BCUT2D eigenvalue weighted by Gasteiger charge is 2.74. The molecule has 67 heavy (non-hydrogen) atoms. The van der Waals surface area contributed by atoms with E-state index >= 15 is 0 Å². The molecule has 0 bridgehead atoms. The van der Waals surface area contributed by atoms with E-state index in [4.69, 9.17) is 47.4 Å². The minimum absolute atomic E-state index is 0.122. The molecule has 8 rings (SSSR count). The van der Waals surface area contributed by atoms with E-state index in [0.29, 0.717) is 38.5 Å². The van der Waals surface area contributed by atoms with Crippen LogP contribution in [0.25, 0.3) is 6.08 Å². The smallest absolute Gasteiger partial charge is 0.331 e. The van der Waals surface area contributed by atoms with Crippen LogP contribution in [0.5, 0.6) is 0 Å². The number of aliphatic hydroxyl groups is 5. The zero-order chi connectivity index (χ0) is 48.2. The van der Waals surface area contributed by atoms with Crippen molar-refractivity contribution in [1.29, 1.82) is 0 Å². The van der Waals surface area contributed by atoms with Crippen LogP contribution in [0.4, 0.5) is 0 Å². The van der Waals surface area contributed by atoms with Gasteiger partial charge in [-0.25, -0.2) is 4.79 Å². The van der Waals surface area contributed by atoms with Gasteiger partial charge in [0.05, 0.1) is 54.4 Å². The molecular weight excluding hydrogens is 869 g/mol. The number of carbonyl (C=O) groups excluding carboxylic acids is 1. The highest BCUT2D eigenvalue weighted by Crippen LogP contribution is 2.70. The van der Waals surface area contributed by atoms with Crippen molar-refractivity contribution in [2.24, 2.45) is 34.5 Å². The third-order valence-corrected chi connectivity index (χ3v) is 17.8. The number of benzene rings is 1. The fourth-order valence-corrected chi connectivity index (χ4v) is 14.2. The standard InChI is InChI=1S/C51H78O16/c1-26(52)33-20-22-51(57)34-17-16-31-23-32(19-21-49(31,5)40(34)45(47(56)50(33,51)6)65-37(53)18-15-30-13-11-10-12-14-30)64-38-24-35(58-7)43(28(3)61-38)66-39-25-36(59-8)44(29(4)62-39)67-48-42(55)46(60-9)41(54)27(2)63-48/h10-15,18,26-29,31-36,38-48,52,54-57H,16-17,19-25H2,1-9H3/b18-15+/t26-,27-,28-,29-,31+,32+,33-,34-,35+,36-,38+,39+,40-,41-,42-,43-,44-,45+,46-,47-,48+,49+,50+,51+/m1/s1. The Kier molecular flexibility index (Phi) is 15.7. The van der Waals surface area contributed by atoms with Crippen LogP contribution < -0.4 is 0 Å². The van der Waals surface area contributed by atoms with E-state index in [1.807, 2.05) is 51.1 Å². The van der Waals surface area contributed by atoms with Crippen molar-refractivity contribution < 1.29 is 77.7 Å². The first-order valence-corrected chi connectivity index (χ1v) is 24.8. The number of ether oxygens (including phenoxy) is 10. The topological polar surface area (TPSA) is 211 Å². The number of rotatable bonds is 13. The molecule has 0 radical (unpaired) electrons. The number of esters is 1. The second kappa shape index (κ2) is 20.5. The summed E-state index contributed by atoms with van der Waals surface area (Å²) < 4.78 is 62.1. The molecule has 3 saturated heterocycles. The van der Waals surface area contributed by atoms with E-state index < -0.39 is 109 Å². The molecule has 0 spiro atoms. The average Bonchev–Trinajstić information content (AvgIpc) is 3.59. The van der Waals surface area contributed by atoms with Crippen molar-refractivity contribution in [2.45, 2.75) is 209 Å². The second-order valence-corrected chi connectivity index (χ2v) is 21.3. The quantitative estimate of drug-likeness (QED) is 0.106. The highest BCUT2D eigenvalue weighted by molar-refractivity contribution is 5.87. The summed E-state index contributed by atoms with van der Waals surface area (Å²) in [6, 6.07) is 9.52. The molecule has 378 valence electrons. The molecule has 0 unspecified atom stereocenters. The molecule has 7 fully saturated rings. The van der Waals surface area contributed by atoms with E-state index in [1.165, 1.54) is 13.2 Å². The summed E-state index contributed by atoms with van der Waals surface area (Å²) in [5.41, 5.74) is -1.85. The van der Waals surface area contributed by atoms with Gasteiger partial charge in [-0.1, -0.05) is 44.2 Å². The van der Waals surface area contributed by atoms with Crippen LogP contribution in [0, 0.1) is 34.5 Å². The summed E-state index contributed by atoms with van der Waals surface area (Å²) in [4.78, 5) is 13.7. The Labute approximate surface area is 395 Å². The lowest BCUT2D eigenvalue weighted by Crippen LogP contribution is -2.73. The lowest BCUT2D eigenvalue weighted by Gasteiger charge is -2.66. The molecule has 1 aromatic rings. The Morgan fingerprint density at radius 3 is 2.01 bits per heavy atom. The van der Waals surface area contributed by atoms with Gasteiger partial charge in [0.1, 0.15) is 36.6 Å². The first-order valence-electron chi connectivity index (χ1n) is 24.8. The molecule has 4 aliphatic carbocycles. The number of fused-ring (bicyclic) bond motifs is 5. The van der Waals surface area contributed by atoms with Crippen LogP contribution in [0.2, 0.25) is 0 Å². The minimum atomic E-state index is -1.24. The van der Waals surface area contributed by atoms with E-state index in [1.54, 1.807) is 34.1 Å². The van der Waals surface area contributed by atoms with Crippen LogP contribution in [0.3, 0.4) is 0 Å². The maximum Gasteiger partial charge on any atom is 0.331 e. The average molecular weight is 947 g/mol. The molecule has 0 amide bonds. The number of aliphatic hydroxyl groups excluding tert-OH is 4. The second-order valence-electron chi connectivity index (χ2n) is 21.3. The lowest BCUT2D eigenvalue weighted by molar-refractivity contribution is -0.352. The van der Waals surface area contributed by atoms with Crippen molar-refractivity contribution in [3.63, 3.8) is 0 Å². The number of hydrogen-bond donors (Lipinski definition) is 5. The van der Waals surface area contributed by atoms with Gasteiger partial charge in [0.15, 0.2) is 18.9 Å². The Balaban J connectivity index is 0.914. The summed E-state index contributed by atoms with van der Waals surface area (Å²) in [6.45, 7) is 11.4. The lowest BCUT2D eigenvalue weighted by atomic mass is 9.41. The van der Waals surface area contributed by atoms with Gasteiger partial charge >= 0.3 is 5.97 Å². The molecule has 3 heterocycles. The van der Waals surface area contributed by atoms with Gasteiger partial charge < -0.3 is 72.9 Å². The van der Waals surface area contributed by atoms with Gasteiger partial charge in [-0.15, -0.1) is 0 Å². The van der Waals surface area contributed by atoms with Gasteiger partial charge in [0.25, 0.3) is 0 Å². The summed E-state index contributed by atoms with van der Waals surface area (Å²) in [5, 5.41) is 57.7. The first-order chi connectivity index (χ1) is 31.9. The molecular formula is C51H78O16. The normalized spacial score (nSPS) is 49.4. The Bertz CT molecular complexity index is 1840. The SMILES string of the molecule is CO[C@H]1[C@@H](O)[C@H](O[C@@H]2[C@@H](C)O[C@@H](O[C@H]3[C@@H](OC)C[C@H](O[C@H]4CC[C@@]5(C)[C@@H](CC[C@@H]6[C@@H]5[C@H](OC(=O)/C=C/c5ccccc5)[C@@H](O)[C@]5(C)[C@@H]([C@@H](C)O)CC[C@]65O)C4)O[C@@H]3C)C[C@H]2OC)O[C@H](C)[C@H]1O. The predicted molar refractivity (Wildman–Crippen MR) is 242 cm³/mol. The van der Waals surface area contributed by atoms with Crippen molar-refractivity contribution in [1.82, 2.24) is 0 Å². The third-order valence-electron chi connectivity index (χ3n) is 17.8. The molecule has 7 aliphatic rings. The molecule has 1 aromatic carbocycles. The van der Waals surface area contributed by atoms with Crippen molar-refractivity contribution in [2.75, 3.05) is 21.3 Å². The Hall–Kier alpha value is -2.13. The Morgan fingerprint density at radius 1 is 0.746 bits per heavy atom. The first kappa shape index (κ1) is 51.2. The largest absolute Gasteiger partial charge is 0.456 e. The summed E-state index contributed by atoms with van der Waals surface area (Å²) in [7, 11) is 4.66. The number of carbonyl (C=O) groups is 1. The zero-order valence-corrected chi connectivity index (χ0v) is 40.8. The van der Waals surface area contributed by atoms with Gasteiger partial charge in [0, 0.05) is 51.6 Å². The molecule has 5 N–H and O–H groups in total. The van der Waals surface area contributed by atoms with Crippen molar-refractivity contribution in [3.05, 3.63) is 42.0 Å². The minimum Gasteiger partial charge on any atom is -0.456 e. The third kappa shape index (κ3) is 9.45. The van der Waals surface area contributed by atoms with E-state index in [2.05, 4.69) is 6.92 Å². The maximum absolute atomic E-state index is 13.7. The number of methoxy groups -OCH3 is 3. The van der Waals surface area contributed by atoms with Crippen LogP contribution >= 0.6 is 0 Å². The molecule has 16 heteroatoms. The molecule has 0 aromatic heterocycles. The van der Waals surface area contributed by atoms with Crippen molar-refractivity contribution >= 4 is 12.0 Å². The van der Waals surface area contributed by atoms with Crippen LogP contribution in [-0.2, 0) is 52.2 Å². The van der Waals surface area contributed by atoms with E-state index in [0.717, 1.165) is 24.8 Å². The molecule has 24 atom stereocenters. The van der Waals surface area contributed by atoms with Gasteiger partial charge in [-0.3, -0.25) is 0 Å². The van der Waals surface area contributed by atoms with Crippen molar-refractivity contribution in [3.8, 4) is 0 Å². The molecule has 3 aliphatic heterocycles.